The monoisotopic (exact) mass is 250 g/mol. The first-order valence-electron chi connectivity index (χ1n) is 0. The maximum atomic E-state index is 0. The molecule has 0 atom stereocenters. The third kappa shape index (κ3) is 35.6. The van der Waals surface area contributed by atoms with E-state index in [4.69, 9.17) is 0 Å². The molecular formula is H12K2S5. The first kappa shape index (κ1) is 57.9. The zero-order chi connectivity index (χ0) is 0. The van der Waals surface area contributed by atoms with E-state index in [2.05, 4.69) is 0 Å². The van der Waals surface area contributed by atoms with Gasteiger partial charge in [-0.3, -0.25) is 0 Å². The minimum absolute atomic E-state index is 0. The molecule has 0 aromatic carbocycles. The summed E-state index contributed by atoms with van der Waals surface area (Å²) < 4.78 is 0. The molecule has 0 nitrogen and oxygen atoms in total. The summed E-state index contributed by atoms with van der Waals surface area (Å²) in [7, 11) is 0. The molecular weight excluding hydrogens is 239 g/mol. The normalized spacial score (nSPS) is 0. The molecule has 0 aromatic heterocycles. The minimum atomic E-state index is 0. The van der Waals surface area contributed by atoms with Crippen LogP contribution in [-0.2, 0) is 0 Å². The summed E-state index contributed by atoms with van der Waals surface area (Å²) in [6.07, 6.45) is 0. The van der Waals surface area contributed by atoms with Crippen LogP contribution in [0.2, 0.25) is 0 Å². The standard InChI is InChI=1S/2K.5H2S.2H/h;;5*1H2;;/q2*+1;;;;;;2*-1. The van der Waals surface area contributed by atoms with Crippen LogP contribution in [0.15, 0.2) is 0 Å². The molecule has 0 radical (unpaired) electrons. The zero-order valence-corrected chi connectivity index (χ0v) is 15.7. The zero-order valence-electron chi connectivity index (χ0n) is 6.50. The van der Waals surface area contributed by atoms with Gasteiger partial charge in [-0.1, -0.05) is 0 Å². The van der Waals surface area contributed by atoms with E-state index >= 15 is 0 Å². The van der Waals surface area contributed by atoms with E-state index in [0.29, 0.717) is 0 Å². The van der Waals surface area contributed by atoms with Gasteiger partial charge in [0.05, 0.1) is 0 Å². The van der Waals surface area contributed by atoms with Crippen molar-refractivity contribution in [3.05, 3.63) is 0 Å². The van der Waals surface area contributed by atoms with Gasteiger partial charge in [-0.25, -0.2) is 0 Å². The summed E-state index contributed by atoms with van der Waals surface area (Å²) in [5.74, 6) is 0. The Hall–Kier alpha value is 5.02. The second-order valence-corrected chi connectivity index (χ2v) is 0. The molecule has 0 aromatic rings. The van der Waals surface area contributed by atoms with Crippen molar-refractivity contribution in [3.63, 3.8) is 0 Å². The Morgan fingerprint density at radius 3 is 0.429 bits per heavy atom. The first-order valence-corrected chi connectivity index (χ1v) is 0. The van der Waals surface area contributed by atoms with Crippen molar-refractivity contribution in [3.8, 4) is 0 Å². The smallest absolute Gasteiger partial charge is 1.00 e. The van der Waals surface area contributed by atoms with Crippen LogP contribution in [0.1, 0.15) is 2.85 Å². The van der Waals surface area contributed by atoms with Crippen molar-refractivity contribution in [1.29, 1.82) is 0 Å². The van der Waals surface area contributed by atoms with E-state index in [9.17, 15) is 0 Å². The van der Waals surface area contributed by atoms with Crippen LogP contribution < -0.4 is 103 Å². The molecule has 0 fully saturated rings. The van der Waals surface area contributed by atoms with Crippen LogP contribution in [0.3, 0.4) is 0 Å². The molecule has 0 aliphatic heterocycles. The summed E-state index contributed by atoms with van der Waals surface area (Å²) in [6.45, 7) is 0. The summed E-state index contributed by atoms with van der Waals surface area (Å²) in [5.41, 5.74) is 0. The summed E-state index contributed by atoms with van der Waals surface area (Å²) in [6, 6.07) is 0. The van der Waals surface area contributed by atoms with Crippen molar-refractivity contribution < 1.29 is 106 Å². The van der Waals surface area contributed by atoms with Crippen LogP contribution in [0.25, 0.3) is 0 Å². The molecule has 0 aliphatic rings. The molecule has 0 bridgehead atoms. The second kappa shape index (κ2) is 43.9. The van der Waals surface area contributed by atoms with Crippen LogP contribution >= 0.6 is 67.5 Å². The van der Waals surface area contributed by atoms with Gasteiger partial charge in [0.15, 0.2) is 0 Å². The Kier molecular flexibility index (Phi) is 363. The average molecular weight is 251 g/mol. The molecule has 0 saturated carbocycles. The number of hydrogen-bond donors (Lipinski definition) is 0. The Morgan fingerprint density at radius 2 is 0.429 bits per heavy atom. The quantitative estimate of drug-likeness (QED) is 0.377. The van der Waals surface area contributed by atoms with E-state index in [0.717, 1.165) is 0 Å². The maximum Gasteiger partial charge on any atom is 1.00 e. The third-order valence-electron chi connectivity index (χ3n) is 0. The Balaban J connectivity index is 0. The maximum absolute atomic E-state index is 0. The average Bonchev–Trinajstić information content (AvgIpc) is 0. The van der Waals surface area contributed by atoms with Crippen LogP contribution in [0, 0.1) is 0 Å². The third-order valence-corrected chi connectivity index (χ3v) is 0. The topological polar surface area (TPSA) is 0 Å². The van der Waals surface area contributed by atoms with Gasteiger partial charge in [0.2, 0.25) is 0 Å². The van der Waals surface area contributed by atoms with Gasteiger partial charge in [-0.15, -0.1) is 0 Å². The largest absolute Gasteiger partial charge is 1.00 e. The number of hydrogen-bond acceptors (Lipinski definition) is 0. The molecule has 0 heterocycles. The molecule has 0 spiro atoms. The van der Waals surface area contributed by atoms with Crippen molar-refractivity contribution in [2.24, 2.45) is 0 Å². The Morgan fingerprint density at radius 1 is 0.429 bits per heavy atom. The van der Waals surface area contributed by atoms with Gasteiger partial charge in [0.1, 0.15) is 0 Å². The number of rotatable bonds is 0. The molecule has 7 heteroatoms. The molecule has 0 unspecified atom stereocenters. The Labute approximate surface area is 168 Å². The fraction of sp³-hybridized carbons (Fsp3) is 0. The van der Waals surface area contributed by atoms with Crippen LogP contribution in [0.5, 0.6) is 0 Å². The molecule has 0 rings (SSSR count). The first-order chi connectivity index (χ1) is 0. The van der Waals surface area contributed by atoms with E-state index in [-0.39, 0.29) is 173 Å². The van der Waals surface area contributed by atoms with Crippen LogP contribution in [0.4, 0.5) is 0 Å². The van der Waals surface area contributed by atoms with Gasteiger partial charge in [-0.05, 0) is 0 Å². The predicted molar refractivity (Wildman–Crippen MR) is 54.1 cm³/mol. The van der Waals surface area contributed by atoms with Gasteiger partial charge < -0.3 is 2.85 Å². The van der Waals surface area contributed by atoms with Crippen LogP contribution in [-0.4, -0.2) is 0 Å². The van der Waals surface area contributed by atoms with Crippen molar-refractivity contribution in [2.45, 2.75) is 0 Å². The Bertz CT molecular complexity index is 12.9. The summed E-state index contributed by atoms with van der Waals surface area (Å²) >= 11 is 0. The predicted octanol–water partition coefficient (Wildman–Crippen LogP) is -5.20. The van der Waals surface area contributed by atoms with E-state index in [1.165, 1.54) is 0 Å². The van der Waals surface area contributed by atoms with E-state index in [1.807, 2.05) is 0 Å². The van der Waals surface area contributed by atoms with Gasteiger partial charge in [-0.2, -0.15) is 67.5 Å². The van der Waals surface area contributed by atoms with Gasteiger partial charge in [0.25, 0.3) is 0 Å². The van der Waals surface area contributed by atoms with E-state index < -0.39 is 0 Å². The molecule has 0 N–H and O–H groups in total. The van der Waals surface area contributed by atoms with Crippen molar-refractivity contribution in [2.75, 3.05) is 0 Å². The van der Waals surface area contributed by atoms with Crippen molar-refractivity contribution >= 4 is 67.5 Å². The minimum Gasteiger partial charge on any atom is -1.00 e. The summed E-state index contributed by atoms with van der Waals surface area (Å²) in [4.78, 5) is 0. The molecule has 44 valence electrons. The fourth-order valence-corrected chi connectivity index (χ4v) is 0. The van der Waals surface area contributed by atoms with Gasteiger partial charge >= 0.3 is 103 Å². The second-order valence-electron chi connectivity index (χ2n) is 0. The van der Waals surface area contributed by atoms with Crippen molar-refractivity contribution in [1.82, 2.24) is 0 Å². The molecule has 7 heavy (non-hydrogen) atoms. The van der Waals surface area contributed by atoms with E-state index in [1.54, 1.807) is 0 Å². The molecule has 0 saturated heterocycles. The van der Waals surface area contributed by atoms with Gasteiger partial charge in [0, 0.05) is 0 Å². The summed E-state index contributed by atoms with van der Waals surface area (Å²) in [5, 5.41) is 0. The SMILES string of the molecule is S.S.S.S.S.[H-].[H-].[K+].[K+]. The molecule has 0 aliphatic carbocycles. The molecule has 0 amide bonds. The fourth-order valence-electron chi connectivity index (χ4n) is 0.